The highest BCUT2D eigenvalue weighted by Gasteiger charge is 2.54. The molecule has 4 aliphatic rings. The first-order valence-electron chi connectivity index (χ1n) is 12.3. The Balaban J connectivity index is 1.21. The molecule has 0 aromatic carbocycles. The van der Waals surface area contributed by atoms with E-state index in [1.54, 1.807) is 10.9 Å². The van der Waals surface area contributed by atoms with Crippen molar-refractivity contribution in [3.8, 4) is 5.82 Å². The molecule has 2 amide bonds. The Kier molecular flexibility index (Phi) is 5.53. The third kappa shape index (κ3) is 4.42. The van der Waals surface area contributed by atoms with Crippen molar-refractivity contribution in [2.45, 2.75) is 71.1 Å². The van der Waals surface area contributed by atoms with Crippen LogP contribution in [0.15, 0.2) is 30.5 Å². The van der Waals surface area contributed by atoms with E-state index in [1.165, 1.54) is 19.3 Å². The van der Waals surface area contributed by atoms with Crippen LogP contribution in [-0.4, -0.2) is 33.1 Å². The molecule has 0 saturated heterocycles. The van der Waals surface area contributed by atoms with Crippen LogP contribution in [-0.2, 0) is 15.0 Å². The minimum Gasteiger partial charge on any atom is -0.355 e. The summed E-state index contributed by atoms with van der Waals surface area (Å²) >= 11 is 0. The van der Waals surface area contributed by atoms with Crippen molar-refractivity contribution in [2.24, 2.45) is 23.2 Å². The Morgan fingerprint density at radius 1 is 1.09 bits per heavy atom. The van der Waals surface area contributed by atoms with Crippen LogP contribution in [0.2, 0.25) is 0 Å². The molecule has 0 spiro atoms. The zero-order chi connectivity index (χ0) is 23.2. The van der Waals surface area contributed by atoms with Crippen molar-refractivity contribution in [3.05, 3.63) is 36.2 Å². The van der Waals surface area contributed by atoms with Crippen LogP contribution in [0.4, 0.5) is 5.82 Å². The lowest BCUT2D eigenvalue weighted by Gasteiger charge is -2.55. The molecule has 33 heavy (non-hydrogen) atoms. The molecule has 2 heterocycles. The van der Waals surface area contributed by atoms with Gasteiger partial charge in [-0.25, -0.2) is 4.98 Å². The van der Waals surface area contributed by atoms with Gasteiger partial charge in [0, 0.05) is 36.1 Å². The van der Waals surface area contributed by atoms with Gasteiger partial charge in [0.2, 0.25) is 11.8 Å². The summed E-state index contributed by atoms with van der Waals surface area (Å²) in [4.78, 5) is 30.3. The highest BCUT2D eigenvalue weighted by Crippen LogP contribution is 2.60. The SMILES string of the molecule is CC(C)(C)c1cc(NC(=O)CCNC(=O)C23CC4CC(CC(C4)C2)C3)n(-c2ccccn2)n1. The third-order valence-corrected chi connectivity index (χ3v) is 7.77. The van der Waals surface area contributed by atoms with Crippen molar-refractivity contribution >= 4 is 17.6 Å². The van der Waals surface area contributed by atoms with E-state index in [9.17, 15) is 9.59 Å². The van der Waals surface area contributed by atoms with E-state index in [2.05, 4.69) is 41.5 Å². The fraction of sp³-hybridized carbons (Fsp3) is 0.615. The number of nitrogens with one attached hydrogen (secondary N) is 2. The van der Waals surface area contributed by atoms with Crippen LogP contribution >= 0.6 is 0 Å². The van der Waals surface area contributed by atoms with Crippen LogP contribution in [0.1, 0.15) is 71.4 Å². The van der Waals surface area contributed by atoms with Gasteiger partial charge in [0.05, 0.1) is 5.69 Å². The topological polar surface area (TPSA) is 88.9 Å². The van der Waals surface area contributed by atoms with E-state index in [4.69, 9.17) is 0 Å². The molecule has 0 unspecified atom stereocenters. The first kappa shape index (κ1) is 22.1. The van der Waals surface area contributed by atoms with Crippen LogP contribution in [0.25, 0.3) is 5.82 Å². The van der Waals surface area contributed by atoms with Crippen molar-refractivity contribution in [2.75, 3.05) is 11.9 Å². The van der Waals surface area contributed by atoms with Crippen molar-refractivity contribution in [1.29, 1.82) is 0 Å². The predicted octanol–water partition coefficient (Wildman–Crippen LogP) is 4.23. The van der Waals surface area contributed by atoms with E-state index in [1.807, 2.05) is 24.3 Å². The molecule has 4 bridgehead atoms. The normalized spacial score (nSPS) is 28.0. The molecule has 7 nitrogen and oxygen atoms in total. The lowest BCUT2D eigenvalue weighted by molar-refractivity contribution is -0.146. The van der Waals surface area contributed by atoms with Crippen LogP contribution < -0.4 is 10.6 Å². The summed E-state index contributed by atoms with van der Waals surface area (Å²) in [5, 5.41) is 10.8. The molecule has 0 aliphatic heterocycles. The van der Waals surface area contributed by atoms with E-state index in [0.29, 0.717) is 18.2 Å². The molecule has 4 saturated carbocycles. The molecular weight excluding hydrogens is 414 g/mol. The smallest absolute Gasteiger partial charge is 0.227 e. The Hall–Kier alpha value is -2.70. The zero-order valence-electron chi connectivity index (χ0n) is 19.9. The number of carbonyl (C=O) groups is 2. The number of nitrogens with zero attached hydrogens (tertiary/aromatic N) is 3. The number of hydrogen-bond acceptors (Lipinski definition) is 4. The molecule has 176 valence electrons. The summed E-state index contributed by atoms with van der Waals surface area (Å²) in [6.45, 7) is 6.62. The van der Waals surface area contributed by atoms with Crippen LogP contribution in [0.5, 0.6) is 0 Å². The number of aromatic nitrogens is 3. The number of anilines is 1. The van der Waals surface area contributed by atoms with E-state index >= 15 is 0 Å². The molecule has 4 fully saturated rings. The van der Waals surface area contributed by atoms with Gasteiger partial charge >= 0.3 is 0 Å². The van der Waals surface area contributed by atoms with Crippen LogP contribution in [0.3, 0.4) is 0 Å². The van der Waals surface area contributed by atoms with E-state index in [-0.39, 0.29) is 29.1 Å². The standard InChI is InChI=1S/C26H35N5O2/c1-25(2,3)20-13-22(31(30-20)21-6-4-5-8-27-21)29-23(32)7-9-28-24(33)26-14-17-10-18(15-26)12-19(11-17)16-26/h4-6,8,13,17-19H,7,9-12,14-16H2,1-3H3,(H,28,33)(H,29,32). The number of rotatable bonds is 6. The molecule has 2 aromatic heterocycles. The minimum atomic E-state index is -0.176. The predicted molar refractivity (Wildman–Crippen MR) is 127 cm³/mol. The molecular formula is C26H35N5O2. The van der Waals surface area contributed by atoms with E-state index in [0.717, 1.165) is 42.7 Å². The first-order chi connectivity index (χ1) is 15.7. The second kappa shape index (κ2) is 8.26. The Morgan fingerprint density at radius 3 is 2.33 bits per heavy atom. The van der Waals surface area contributed by atoms with Crippen molar-refractivity contribution in [1.82, 2.24) is 20.1 Å². The average molecular weight is 450 g/mol. The maximum Gasteiger partial charge on any atom is 0.227 e. The average Bonchev–Trinajstić information content (AvgIpc) is 3.17. The first-order valence-corrected chi connectivity index (χ1v) is 12.3. The Morgan fingerprint density at radius 2 is 1.76 bits per heavy atom. The summed E-state index contributed by atoms with van der Waals surface area (Å²) in [5.74, 6) is 3.47. The van der Waals surface area contributed by atoms with Gasteiger partial charge in [-0.15, -0.1) is 0 Å². The van der Waals surface area contributed by atoms with Crippen LogP contribution in [0, 0.1) is 23.2 Å². The van der Waals surface area contributed by atoms with Gasteiger partial charge in [-0.2, -0.15) is 9.78 Å². The van der Waals surface area contributed by atoms with Gasteiger partial charge in [0.15, 0.2) is 5.82 Å². The summed E-state index contributed by atoms with van der Waals surface area (Å²) in [7, 11) is 0. The van der Waals surface area contributed by atoms with Gasteiger partial charge in [-0.3, -0.25) is 9.59 Å². The van der Waals surface area contributed by atoms with E-state index < -0.39 is 0 Å². The fourth-order valence-corrected chi connectivity index (χ4v) is 6.56. The van der Waals surface area contributed by atoms with Gasteiger partial charge in [-0.1, -0.05) is 26.8 Å². The highest BCUT2D eigenvalue weighted by molar-refractivity contribution is 5.91. The van der Waals surface area contributed by atoms with Crippen molar-refractivity contribution < 1.29 is 9.59 Å². The number of hydrogen-bond donors (Lipinski definition) is 2. The lowest BCUT2D eigenvalue weighted by Crippen LogP contribution is -2.53. The third-order valence-electron chi connectivity index (χ3n) is 7.77. The monoisotopic (exact) mass is 449 g/mol. The summed E-state index contributed by atoms with van der Waals surface area (Å²) in [5.41, 5.74) is 0.536. The quantitative estimate of drug-likeness (QED) is 0.691. The van der Waals surface area contributed by atoms with Gasteiger partial charge < -0.3 is 10.6 Å². The summed E-state index contributed by atoms with van der Waals surface area (Å²) in [6.07, 6.45) is 9.00. The molecule has 2 aromatic rings. The molecule has 7 heteroatoms. The van der Waals surface area contributed by atoms with Gasteiger partial charge in [0.25, 0.3) is 0 Å². The molecule has 2 N–H and O–H groups in total. The molecule has 6 rings (SSSR count). The van der Waals surface area contributed by atoms with Gasteiger partial charge in [0.1, 0.15) is 5.82 Å². The second-order valence-corrected chi connectivity index (χ2v) is 11.5. The van der Waals surface area contributed by atoms with Crippen molar-refractivity contribution in [3.63, 3.8) is 0 Å². The number of pyridine rings is 1. The summed E-state index contributed by atoms with van der Waals surface area (Å²) in [6, 6.07) is 7.51. The second-order valence-electron chi connectivity index (χ2n) is 11.5. The van der Waals surface area contributed by atoms with Gasteiger partial charge in [-0.05, 0) is 68.4 Å². The highest BCUT2D eigenvalue weighted by atomic mass is 16.2. The maximum absolute atomic E-state index is 13.1. The molecule has 0 radical (unpaired) electrons. The largest absolute Gasteiger partial charge is 0.355 e. The Labute approximate surface area is 195 Å². The fourth-order valence-electron chi connectivity index (χ4n) is 6.56. The zero-order valence-corrected chi connectivity index (χ0v) is 19.9. The summed E-state index contributed by atoms with van der Waals surface area (Å²) < 4.78 is 1.67. The maximum atomic E-state index is 13.1. The minimum absolute atomic E-state index is 0.140. The lowest BCUT2D eigenvalue weighted by atomic mass is 9.49. The molecule has 0 atom stereocenters. The number of carbonyl (C=O) groups excluding carboxylic acids is 2. The molecule has 4 aliphatic carbocycles. The number of amides is 2. The Bertz CT molecular complexity index is 1000.